The van der Waals surface area contributed by atoms with E-state index in [1.165, 1.54) is 0 Å². The molecule has 0 aromatic heterocycles. The Morgan fingerprint density at radius 3 is 1.46 bits per heavy atom. The number of hydrogen-bond acceptors (Lipinski definition) is 2. The molecular formula is C4H4Cl2F3NO3. The van der Waals surface area contributed by atoms with E-state index in [0.29, 0.717) is 0 Å². The van der Waals surface area contributed by atoms with Gasteiger partial charge in [0.2, 0.25) is 0 Å². The highest BCUT2D eigenvalue weighted by Gasteiger charge is 2.38. The smallest absolute Gasteiger partial charge is 0.475 e. The number of aliphatic carboxylic acids is 1. The summed E-state index contributed by atoms with van der Waals surface area (Å²) in [5, 5.41) is 7.12. The first-order valence-electron chi connectivity index (χ1n) is 2.46. The summed E-state index contributed by atoms with van der Waals surface area (Å²) in [7, 11) is 0. The number of amides is 1. The molecule has 0 radical (unpaired) electrons. The minimum absolute atomic E-state index is 0.710. The first kappa shape index (κ1) is 14.8. The first-order valence-corrected chi connectivity index (χ1v) is 3.34. The van der Waals surface area contributed by atoms with E-state index in [4.69, 9.17) is 33.1 Å². The second-order valence-corrected chi connectivity index (χ2v) is 2.60. The van der Waals surface area contributed by atoms with Gasteiger partial charge in [0, 0.05) is 0 Å². The number of carbonyl (C=O) groups excluding carboxylic acids is 1. The molecule has 78 valence electrons. The van der Waals surface area contributed by atoms with Crippen LogP contribution in [-0.4, -0.2) is 28.0 Å². The van der Waals surface area contributed by atoms with E-state index in [2.05, 4.69) is 5.73 Å². The Morgan fingerprint density at radius 2 is 1.46 bits per heavy atom. The van der Waals surface area contributed by atoms with E-state index in [0.717, 1.165) is 0 Å². The maximum atomic E-state index is 10.6. The summed E-state index contributed by atoms with van der Waals surface area (Å²) in [5.74, 6) is -3.47. The van der Waals surface area contributed by atoms with Crippen LogP contribution in [0, 0.1) is 0 Å². The van der Waals surface area contributed by atoms with Crippen molar-refractivity contribution in [2.45, 2.75) is 11.0 Å². The molecule has 0 aliphatic carbocycles. The third kappa shape index (κ3) is 11.3. The number of halogens is 5. The number of hydrogen-bond donors (Lipinski definition) is 2. The van der Waals surface area contributed by atoms with Crippen LogP contribution in [0.25, 0.3) is 0 Å². The van der Waals surface area contributed by atoms with Crippen LogP contribution < -0.4 is 5.73 Å². The van der Waals surface area contributed by atoms with Gasteiger partial charge in [-0.3, -0.25) is 4.79 Å². The van der Waals surface area contributed by atoms with Crippen molar-refractivity contribution >= 4 is 35.1 Å². The molecular weight excluding hydrogens is 238 g/mol. The Labute approximate surface area is 80.4 Å². The Bertz CT molecular complexity index is 194. The van der Waals surface area contributed by atoms with Crippen LogP contribution in [0.1, 0.15) is 0 Å². The van der Waals surface area contributed by atoms with Gasteiger partial charge in [0.1, 0.15) is 0 Å². The molecule has 0 unspecified atom stereocenters. The van der Waals surface area contributed by atoms with Gasteiger partial charge in [0.25, 0.3) is 5.91 Å². The molecule has 0 heterocycles. The Balaban J connectivity index is 0. The average molecular weight is 242 g/mol. The van der Waals surface area contributed by atoms with Crippen LogP contribution in [0.15, 0.2) is 0 Å². The predicted molar refractivity (Wildman–Crippen MR) is 38.4 cm³/mol. The van der Waals surface area contributed by atoms with Gasteiger partial charge in [0.05, 0.1) is 0 Å². The van der Waals surface area contributed by atoms with Crippen molar-refractivity contribution in [2.24, 2.45) is 5.73 Å². The number of carboxylic acids is 1. The minimum Gasteiger partial charge on any atom is -0.475 e. The molecule has 0 atom stereocenters. The third-order valence-electron chi connectivity index (χ3n) is 0.458. The number of primary amides is 1. The number of nitrogens with two attached hydrogens (primary N) is 1. The zero-order valence-corrected chi connectivity index (χ0v) is 7.32. The van der Waals surface area contributed by atoms with Crippen molar-refractivity contribution in [1.82, 2.24) is 0 Å². The molecule has 3 N–H and O–H groups in total. The van der Waals surface area contributed by atoms with Gasteiger partial charge in [-0.25, -0.2) is 4.79 Å². The molecule has 0 aromatic rings. The Morgan fingerprint density at radius 1 is 1.31 bits per heavy atom. The summed E-state index contributed by atoms with van der Waals surface area (Å²) in [6, 6.07) is 0. The topological polar surface area (TPSA) is 80.4 Å². The average Bonchev–Trinajstić information content (AvgIpc) is 1.86. The van der Waals surface area contributed by atoms with Gasteiger partial charge in [-0.05, 0) is 0 Å². The van der Waals surface area contributed by atoms with E-state index < -0.39 is 22.9 Å². The molecule has 0 rings (SSSR count). The highest BCUT2D eigenvalue weighted by molar-refractivity contribution is 6.53. The third-order valence-corrected chi connectivity index (χ3v) is 0.888. The van der Waals surface area contributed by atoms with Crippen molar-refractivity contribution in [3.63, 3.8) is 0 Å². The maximum absolute atomic E-state index is 10.6. The van der Waals surface area contributed by atoms with Gasteiger partial charge in [-0.2, -0.15) is 13.2 Å². The highest BCUT2D eigenvalue weighted by atomic mass is 35.5. The van der Waals surface area contributed by atoms with E-state index in [1.807, 2.05) is 0 Å². The van der Waals surface area contributed by atoms with E-state index in [1.54, 1.807) is 0 Å². The van der Waals surface area contributed by atoms with E-state index in [-0.39, 0.29) is 0 Å². The summed E-state index contributed by atoms with van der Waals surface area (Å²) in [5.41, 5.74) is 4.53. The van der Waals surface area contributed by atoms with Crippen molar-refractivity contribution in [2.75, 3.05) is 0 Å². The van der Waals surface area contributed by atoms with E-state index >= 15 is 0 Å². The van der Waals surface area contributed by atoms with Crippen LogP contribution in [0.3, 0.4) is 0 Å². The fourth-order valence-electron chi connectivity index (χ4n) is 0. The van der Waals surface area contributed by atoms with Gasteiger partial charge >= 0.3 is 12.1 Å². The summed E-state index contributed by atoms with van der Waals surface area (Å²) < 4.78 is 31.7. The predicted octanol–water partition coefficient (Wildman–Crippen LogP) is 0.909. The molecule has 0 spiro atoms. The summed E-state index contributed by atoms with van der Waals surface area (Å²) >= 11 is 9.81. The maximum Gasteiger partial charge on any atom is 0.490 e. The fraction of sp³-hybridized carbons (Fsp3) is 0.500. The molecule has 0 aliphatic heterocycles. The van der Waals surface area contributed by atoms with Gasteiger partial charge in [-0.1, -0.05) is 23.2 Å². The lowest BCUT2D eigenvalue weighted by molar-refractivity contribution is -0.192. The molecule has 0 saturated heterocycles. The lowest BCUT2D eigenvalue weighted by Gasteiger charge is -1.93. The van der Waals surface area contributed by atoms with Crippen LogP contribution in [-0.2, 0) is 9.59 Å². The number of carboxylic acid groups (broad SMARTS) is 1. The van der Waals surface area contributed by atoms with Crippen LogP contribution in [0.2, 0.25) is 0 Å². The number of carbonyl (C=O) groups is 2. The zero-order valence-electron chi connectivity index (χ0n) is 5.81. The zero-order chi connectivity index (χ0) is 11.2. The monoisotopic (exact) mass is 241 g/mol. The second-order valence-electron chi connectivity index (χ2n) is 1.51. The van der Waals surface area contributed by atoms with Gasteiger partial charge in [0.15, 0.2) is 4.84 Å². The molecule has 9 heteroatoms. The summed E-state index contributed by atoms with van der Waals surface area (Å²) in [6.07, 6.45) is -5.08. The second kappa shape index (κ2) is 5.87. The largest absolute Gasteiger partial charge is 0.490 e. The SMILES string of the molecule is NC(=O)C(Cl)Cl.O=C(O)C(F)(F)F. The van der Waals surface area contributed by atoms with Crippen LogP contribution >= 0.6 is 23.2 Å². The molecule has 0 aromatic carbocycles. The fourth-order valence-corrected chi connectivity index (χ4v) is 0. The van der Waals surface area contributed by atoms with Crippen LogP contribution in [0.4, 0.5) is 13.2 Å². The quantitative estimate of drug-likeness (QED) is 0.670. The van der Waals surface area contributed by atoms with Gasteiger partial charge in [-0.15, -0.1) is 0 Å². The molecule has 0 bridgehead atoms. The minimum atomic E-state index is -5.08. The normalized spacial score (nSPS) is 10.3. The number of alkyl halides is 5. The molecule has 0 aliphatic rings. The van der Waals surface area contributed by atoms with Crippen molar-refractivity contribution < 1.29 is 27.9 Å². The van der Waals surface area contributed by atoms with Gasteiger partial charge < -0.3 is 10.8 Å². The molecule has 4 nitrogen and oxygen atoms in total. The molecule has 13 heavy (non-hydrogen) atoms. The van der Waals surface area contributed by atoms with Crippen molar-refractivity contribution in [3.05, 3.63) is 0 Å². The highest BCUT2D eigenvalue weighted by Crippen LogP contribution is 2.13. The van der Waals surface area contributed by atoms with E-state index in [9.17, 15) is 18.0 Å². The lowest BCUT2D eigenvalue weighted by Crippen LogP contribution is -2.21. The van der Waals surface area contributed by atoms with Crippen molar-refractivity contribution in [3.8, 4) is 0 Å². The van der Waals surface area contributed by atoms with Crippen molar-refractivity contribution in [1.29, 1.82) is 0 Å². The first-order chi connectivity index (χ1) is 5.59. The van der Waals surface area contributed by atoms with Crippen LogP contribution in [0.5, 0.6) is 0 Å². The lowest BCUT2D eigenvalue weighted by atomic mass is 10.7. The Hall–Kier alpha value is -0.690. The summed E-state index contributed by atoms with van der Waals surface area (Å²) in [6.45, 7) is 0. The Kier molecular flexibility index (Phi) is 6.69. The molecule has 0 saturated carbocycles. The molecule has 1 amide bonds. The summed E-state index contributed by atoms with van der Waals surface area (Å²) in [4.78, 5) is 17.5. The number of rotatable bonds is 1. The molecule has 0 fully saturated rings. The standard InChI is InChI=1S/C2H3Cl2NO.C2HF3O2/c3-1(4)2(5)6;3-2(4,5)1(6)7/h1H,(H2,5,6);(H,6,7).